The predicted molar refractivity (Wildman–Crippen MR) is 63.7 cm³/mol. The molecule has 0 aromatic heterocycles. The summed E-state index contributed by atoms with van der Waals surface area (Å²) in [5.74, 6) is 0.290. The molecule has 0 bridgehead atoms. The third kappa shape index (κ3) is 1.85. The smallest absolute Gasteiger partial charge is 0.253 e. The molecule has 0 aliphatic rings. The average molecular weight is 239 g/mol. The molecule has 2 aromatic rings. The Morgan fingerprint density at radius 1 is 1.13 bits per heavy atom. The fraction of sp³-hybridized carbons (Fsp3) is 0.0833. The van der Waals surface area contributed by atoms with Gasteiger partial charge in [-0.15, -0.1) is 11.6 Å². The van der Waals surface area contributed by atoms with Gasteiger partial charge in [-0.3, -0.25) is 4.79 Å². The van der Waals surface area contributed by atoms with Gasteiger partial charge in [0.05, 0.1) is 0 Å². The van der Waals surface area contributed by atoms with Crippen LogP contribution in [0.25, 0.3) is 10.8 Å². The van der Waals surface area contributed by atoms with Crippen LogP contribution in [0, 0.1) is 0 Å². The van der Waals surface area contributed by atoms with E-state index in [1.165, 1.54) is 0 Å². The molecule has 0 unspecified atom stereocenters. The first kappa shape index (κ1) is 10.5. The van der Waals surface area contributed by atoms with Crippen molar-refractivity contribution in [1.29, 1.82) is 0 Å². The summed E-state index contributed by atoms with van der Waals surface area (Å²) >= 11 is 11.3. The van der Waals surface area contributed by atoms with E-state index >= 15 is 0 Å². The minimum atomic E-state index is -0.456. The van der Waals surface area contributed by atoms with Crippen molar-refractivity contribution in [2.24, 2.45) is 0 Å². The van der Waals surface area contributed by atoms with Gasteiger partial charge < -0.3 is 0 Å². The number of carbonyl (C=O) groups is 1. The second-order valence-electron chi connectivity index (χ2n) is 3.23. The maximum absolute atomic E-state index is 11.3. The SMILES string of the molecule is O=C(Cl)c1c(CCl)ccc2ccccc12. The van der Waals surface area contributed by atoms with Crippen LogP contribution >= 0.6 is 23.2 Å². The molecule has 0 spiro atoms. The molecule has 0 saturated carbocycles. The molecule has 0 fully saturated rings. The Hall–Kier alpha value is -1.05. The Morgan fingerprint density at radius 2 is 1.87 bits per heavy atom. The van der Waals surface area contributed by atoms with E-state index in [2.05, 4.69) is 0 Å². The van der Waals surface area contributed by atoms with Crippen LogP contribution in [-0.2, 0) is 5.88 Å². The van der Waals surface area contributed by atoms with Gasteiger partial charge in [0.15, 0.2) is 0 Å². The summed E-state index contributed by atoms with van der Waals surface area (Å²) in [6.07, 6.45) is 0. The molecular formula is C12H8Cl2O. The van der Waals surface area contributed by atoms with Crippen LogP contribution in [0.4, 0.5) is 0 Å². The zero-order valence-electron chi connectivity index (χ0n) is 7.84. The van der Waals surface area contributed by atoms with Crippen molar-refractivity contribution in [1.82, 2.24) is 0 Å². The lowest BCUT2D eigenvalue weighted by atomic mass is 10.0. The van der Waals surface area contributed by atoms with E-state index in [-0.39, 0.29) is 0 Å². The number of carbonyl (C=O) groups excluding carboxylic acids is 1. The Balaban J connectivity index is 2.85. The van der Waals surface area contributed by atoms with Crippen molar-refractivity contribution < 1.29 is 4.79 Å². The monoisotopic (exact) mass is 238 g/mol. The van der Waals surface area contributed by atoms with Crippen molar-refractivity contribution in [2.45, 2.75) is 5.88 Å². The van der Waals surface area contributed by atoms with Crippen LogP contribution in [0.1, 0.15) is 15.9 Å². The lowest BCUT2D eigenvalue weighted by Crippen LogP contribution is -1.97. The summed E-state index contributed by atoms with van der Waals surface area (Å²) < 4.78 is 0. The van der Waals surface area contributed by atoms with Gasteiger partial charge in [-0.05, 0) is 27.9 Å². The first-order valence-electron chi connectivity index (χ1n) is 4.50. The van der Waals surface area contributed by atoms with Crippen LogP contribution in [0.15, 0.2) is 36.4 Å². The lowest BCUT2D eigenvalue weighted by molar-refractivity contribution is 0.108. The molecule has 0 amide bonds. The summed E-state index contributed by atoms with van der Waals surface area (Å²) in [5.41, 5.74) is 1.29. The second kappa shape index (κ2) is 4.21. The molecule has 0 saturated heterocycles. The number of halogens is 2. The van der Waals surface area contributed by atoms with Crippen LogP contribution in [0.3, 0.4) is 0 Å². The van der Waals surface area contributed by atoms with Gasteiger partial charge in [0, 0.05) is 11.4 Å². The van der Waals surface area contributed by atoms with Gasteiger partial charge in [-0.1, -0.05) is 36.4 Å². The molecule has 0 heterocycles. The average Bonchev–Trinajstić information content (AvgIpc) is 2.27. The van der Waals surface area contributed by atoms with Gasteiger partial charge >= 0.3 is 0 Å². The quantitative estimate of drug-likeness (QED) is 0.572. The molecule has 0 aliphatic carbocycles. The molecule has 0 aliphatic heterocycles. The van der Waals surface area contributed by atoms with E-state index in [4.69, 9.17) is 23.2 Å². The largest absolute Gasteiger partial charge is 0.276 e. The maximum atomic E-state index is 11.3. The number of benzene rings is 2. The standard InChI is InChI=1S/C12H8Cl2O/c13-7-9-6-5-8-3-1-2-4-10(8)11(9)12(14)15/h1-6H,7H2. The van der Waals surface area contributed by atoms with Gasteiger partial charge in [-0.2, -0.15) is 0 Å². The highest BCUT2D eigenvalue weighted by molar-refractivity contribution is 6.68. The number of alkyl halides is 1. The van der Waals surface area contributed by atoms with E-state index in [1.807, 2.05) is 36.4 Å². The van der Waals surface area contributed by atoms with Gasteiger partial charge in [0.25, 0.3) is 5.24 Å². The number of hydrogen-bond donors (Lipinski definition) is 0. The van der Waals surface area contributed by atoms with Gasteiger partial charge in [-0.25, -0.2) is 0 Å². The first-order chi connectivity index (χ1) is 7.24. The Kier molecular flexibility index (Phi) is 2.94. The van der Waals surface area contributed by atoms with Gasteiger partial charge in [0.2, 0.25) is 0 Å². The molecule has 76 valence electrons. The Labute approximate surface area is 97.6 Å². The third-order valence-electron chi connectivity index (χ3n) is 2.36. The summed E-state index contributed by atoms with van der Waals surface area (Å²) in [7, 11) is 0. The van der Waals surface area contributed by atoms with E-state index in [1.54, 1.807) is 0 Å². The molecule has 2 aromatic carbocycles. The van der Waals surface area contributed by atoms with E-state index < -0.39 is 5.24 Å². The third-order valence-corrected chi connectivity index (χ3v) is 2.83. The molecular weight excluding hydrogens is 231 g/mol. The predicted octanol–water partition coefficient (Wildman–Crippen LogP) is 3.96. The van der Waals surface area contributed by atoms with Crippen molar-refractivity contribution in [3.05, 3.63) is 47.5 Å². The van der Waals surface area contributed by atoms with E-state index in [0.29, 0.717) is 11.4 Å². The maximum Gasteiger partial charge on any atom is 0.253 e. The Bertz CT molecular complexity index is 520. The lowest BCUT2D eigenvalue weighted by Gasteiger charge is -2.06. The zero-order valence-corrected chi connectivity index (χ0v) is 9.35. The highest BCUT2D eigenvalue weighted by Crippen LogP contribution is 2.25. The summed E-state index contributed by atoms with van der Waals surface area (Å²) in [4.78, 5) is 11.3. The Morgan fingerprint density at radius 3 is 2.53 bits per heavy atom. The van der Waals surface area contributed by atoms with Crippen molar-refractivity contribution >= 4 is 39.2 Å². The second-order valence-corrected chi connectivity index (χ2v) is 3.84. The highest BCUT2D eigenvalue weighted by atomic mass is 35.5. The fourth-order valence-corrected chi connectivity index (χ4v) is 2.11. The number of fused-ring (bicyclic) bond motifs is 1. The molecule has 1 nitrogen and oxygen atoms in total. The molecule has 0 radical (unpaired) electrons. The van der Waals surface area contributed by atoms with Crippen LogP contribution in [-0.4, -0.2) is 5.24 Å². The topological polar surface area (TPSA) is 17.1 Å². The molecule has 15 heavy (non-hydrogen) atoms. The highest BCUT2D eigenvalue weighted by Gasteiger charge is 2.12. The fourth-order valence-electron chi connectivity index (χ4n) is 1.66. The van der Waals surface area contributed by atoms with Crippen molar-refractivity contribution in [2.75, 3.05) is 0 Å². The van der Waals surface area contributed by atoms with Gasteiger partial charge in [0.1, 0.15) is 0 Å². The summed E-state index contributed by atoms with van der Waals surface area (Å²) in [6, 6.07) is 11.4. The summed E-state index contributed by atoms with van der Waals surface area (Å²) in [5, 5.41) is 1.40. The van der Waals surface area contributed by atoms with Crippen LogP contribution < -0.4 is 0 Å². The molecule has 3 heteroatoms. The molecule has 0 atom stereocenters. The number of hydrogen-bond acceptors (Lipinski definition) is 1. The first-order valence-corrected chi connectivity index (χ1v) is 5.41. The minimum Gasteiger partial charge on any atom is -0.276 e. The summed E-state index contributed by atoms with van der Waals surface area (Å²) in [6.45, 7) is 0. The van der Waals surface area contributed by atoms with Crippen molar-refractivity contribution in [3.8, 4) is 0 Å². The van der Waals surface area contributed by atoms with E-state index in [0.717, 1.165) is 16.3 Å². The van der Waals surface area contributed by atoms with Crippen LogP contribution in [0.2, 0.25) is 0 Å². The minimum absolute atomic E-state index is 0.290. The van der Waals surface area contributed by atoms with Crippen LogP contribution in [0.5, 0.6) is 0 Å². The molecule has 2 rings (SSSR count). The zero-order chi connectivity index (χ0) is 10.8. The van der Waals surface area contributed by atoms with E-state index in [9.17, 15) is 4.79 Å². The molecule has 0 N–H and O–H groups in total. The van der Waals surface area contributed by atoms with Crippen molar-refractivity contribution in [3.63, 3.8) is 0 Å². The number of rotatable bonds is 2. The normalized spacial score (nSPS) is 10.5.